The van der Waals surface area contributed by atoms with Gasteiger partial charge in [-0.05, 0) is 45.2 Å². The number of carboxylic acids is 1. The second-order valence-corrected chi connectivity index (χ2v) is 7.86. The molecule has 0 saturated carbocycles. The highest BCUT2D eigenvalue weighted by Gasteiger charge is 2.31. The van der Waals surface area contributed by atoms with Crippen molar-refractivity contribution < 1.29 is 24.2 Å². The normalized spacial score (nSPS) is 17.1. The Hall–Kier alpha value is -2.57. The van der Waals surface area contributed by atoms with Crippen molar-refractivity contribution in [1.82, 2.24) is 10.2 Å². The third-order valence-electron chi connectivity index (χ3n) is 4.90. The summed E-state index contributed by atoms with van der Waals surface area (Å²) in [5, 5.41) is 11.8. The maximum absolute atomic E-state index is 12.6. The molecule has 1 saturated heterocycles. The molecule has 7 nitrogen and oxygen atoms in total. The van der Waals surface area contributed by atoms with Gasteiger partial charge in [-0.3, -0.25) is 14.4 Å². The van der Waals surface area contributed by atoms with E-state index in [1.54, 1.807) is 4.90 Å². The van der Waals surface area contributed by atoms with E-state index in [1.165, 1.54) is 0 Å². The molecule has 2 amide bonds. The van der Waals surface area contributed by atoms with Crippen molar-refractivity contribution in [3.05, 3.63) is 30.3 Å². The summed E-state index contributed by atoms with van der Waals surface area (Å²) in [5.41, 5.74) is -0.592. The number of nitrogens with zero attached hydrogens (tertiary/aromatic N) is 1. The molecule has 0 spiro atoms. The van der Waals surface area contributed by atoms with Crippen molar-refractivity contribution in [2.24, 2.45) is 5.92 Å². The van der Waals surface area contributed by atoms with Gasteiger partial charge in [-0.25, -0.2) is 0 Å². The monoisotopic (exact) mass is 390 g/mol. The molecule has 1 unspecified atom stereocenters. The van der Waals surface area contributed by atoms with E-state index in [4.69, 9.17) is 9.84 Å². The molecule has 7 heteroatoms. The van der Waals surface area contributed by atoms with Crippen molar-refractivity contribution in [3.63, 3.8) is 0 Å². The standard InChI is InChI=1S/C21H30N2O5/c1-21(2,12-10-19(25)26)22-20(27)16-7-6-13-23(15-16)18(24)11-14-28-17-8-4-3-5-9-17/h3-5,8-9,16H,6-7,10-15H2,1-2H3,(H,22,27)(H,25,26). The molecule has 1 atom stereocenters. The Kier molecular flexibility index (Phi) is 7.84. The van der Waals surface area contributed by atoms with Crippen LogP contribution in [0.1, 0.15) is 46.0 Å². The summed E-state index contributed by atoms with van der Waals surface area (Å²) in [4.78, 5) is 37.6. The number of aliphatic carboxylic acids is 1. The van der Waals surface area contributed by atoms with Crippen LogP contribution in [0.5, 0.6) is 5.75 Å². The summed E-state index contributed by atoms with van der Waals surface area (Å²) < 4.78 is 5.58. The van der Waals surface area contributed by atoms with E-state index in [0.717, 1.165) is 18.6 Å². The predicted octanol–water partition coefficient (Wildman–Crippen LogP) is 2.45. The quantitative estimate of drug-likeness (QED) is 0.675. The van der Waals surface area contributed by atoms with E-state index in [-0.39, 0.29) is 30.6 Å². The highest BCUT2D eigenvalue weighted by Crippen LogP contribution is 2.20. The molecule has 1 aliphatic rings. The maximum atomic E-state index is 12.6. The first-order chi connectivity index (χ1) is 13.3. The molecular formula is C21H30N2O5. The average molecular weight is 390 g/mol. The molecule has 1 fully saturated rings. The van der Waals surface area contributed by atoms with Gasteiger partial charge in [-0.2, -0.15) is 0 Å². The van der Waals surface area contributed by atoms with Gasteiger partial charge >= 0.3 is 5.97 Å². The molecule has 154 valence electrons. The lowest BCUT2D eigenvalue weighted by Gasteiger charge is -2.34. The molecule has 28 heavy (non-hydrogen) atoms. The van der Waals surface area contributed by atoms with Crippen LogP contribution in [0.15, 0.2) is 30.3 Å². The molecule has 1 aliphatic heterocycles. The molecular weight excluding hydrogens is 360 g/mol. The van der Waals surface area contributed by atoms with Gasteiger partial charge in [0, 0.05) is 25.0 Å². The van der Waals surface area contributed by atoms with Crippen molar-refractivity contribution >= 4 is 17.8 Å². The smallest absolute Gasteiger partial charge is 0.303 e. The third-order valence-corrected chi connectivity index (χ3v) is 4.90. The van der Waals surface area contributed by atoms with Crippen LogP contribution in [0.25, 0.3) is 0 Å². The number of likely N-dealkylation sites (tertiary alicyclic amines) is 1. The lowest BCUT2D eigenvalue weighted by Crippen LogP contribution is -2.51. The first-order valence-electron chi connectivity index (χ1n) is 9.76. The number of nitrogens with one attached hydrogen (secondary N) is 1. The fraction of sp³-hybridized carbons (Fsp3) is 0.571. The Balaban J connectivity index is 1.79. The summed E-state index contributed by atoms with van der Waals surface area (Å²) in [7, 11) is 0. The van der Waals surface area contributed by atoms with Gasteiger partial charge in [0.2, 0.25) is 11.8 Å². The van der Waals surface area contributed by atoms with E-state index < -0.39 is 11.5 Å². The number of piperidine rings is 1. The lowest BCUT2D eigenvalue weighted by molar-refractivity contribution is -0.139. The molecule has 0 radical (unpaired) electrons. The van der Waals surface area contributed by atoms with Crippen LogP contribution in [-0.2, 0) is 14.4 Å². The minimum Gasteiger partial charge on any atom is -0.493 e. The zero-order valence-corrected chi connectivity index (χ0v) is 16.6. The molecule has 1 aromatic carbocycles. The molecule has 0 aromatic heterocycles. The Morgan fingerprint density at radius 2 is 1.93 bits per heavy atom. The van der Waals surface area contributed by atoms with Gasteiger partial charge in [-0.1, -0.05) is 18.2 Å². The number of para-hydroxylation sites is 1. The number of amides is 2. The Bertz CT molecular complexity index is 675. The number of carbonyl (C=O) groups excluding carboxylic acids is 2. The number of rotatable bonds is 9. The minimum atomic E-state index is -0.880. The molecule has 0 bridgehead atoms. The molecule has 1 aromatic rings. The highest BCUT2D eigenvalue weighted by molar-refractivity contribution is 5.82. The number of carbonyl (C=O) groups is 3. The van der Waals surface area contributed by atoms with Gasteiger partial charge in [0.05, 0.1) is 18.9 Å². The second-order valence-electron chi connectivity index (χ2n) is 7.86. The van der Waals surface area contributed by atoms with Gasteiger partial charge < -0.3 is 20.1 Å². The van der Waals surface area contributed by atoms with E-state index in [9.17, 15) is 14.4 Å². The van der Waals surface area contributed by atoms with E-state index >= 15 is 0 Å². The van der Waals surface area contributed by atoms with E-state index in [2.05, 4.69) is 5.32 Å². The zero-order chi connectivity index (χ0) is 20.6. The Morgan fingerprint density at radius 1 is 1.21 bits per heavy atom. The number of ether oxygens (including phenoxy) is 1. The Morgan fingerprint density at radius 3 is 2.61 bits per heavy atom. The minimum absolute atomic E-state index is 0.00394. The third kappa shape index (κ3) is 7.21. The second kappa shape index (κ2) is 10.1. The van der Waals surface area contributed by atoms with Crippen molar-refractivity contribution in [2.45, 2.75) is 51.5 Å². The van der Waals surface area contributed by atoms with Crippen LogP contribution < -0.4 is 10.1 Å². The first kappa shape index (κ1) is 21.7. The van der Waals surface area contributed by atoms with E-state index in [0.29, 0.717) is 26.1 Å². The number of hydrogen-bond acceptors (Lipinski definition) is 4. The topological polar surface area (TPSA) is 95.9 Å². The van der Waals surface area contributed by atoms with Crippen molar-refractivity contribution in [2.75, 3.05) is 19.7 Å². The fourth-order valence-electron chi connectivity index (χ4n) is 3.27. The summed E-state index contributed by atoms with van der Waals surface area (Å²) in [5.74, 6) is -0.548. The molecule has 0 aliphatic carbocycles. The Labute approximate surface area is 166 Å². The number of carboxylic acid groups (broad SMARTS) is 1. The van der Waals surface area contributed by atoms with Crippen LogP contribution in [-0.4, -0.2) is 53.0 Å². The van der Waals surface area contributed by atoms with Gasteiger partial charge in [0.25, 0.3) is 0 Å². The summed E-state index contributed by atoms with van der Waals surface area (Å²) in [6, 6.07) is 9.35. The van der Waals surface area contributed by atoms with Crippen LogP contribution in [0.4, 0.5) is 0 Å². The van der Waals surface area contributed by atoms with Crippen LogP contribution in [0.3, 0.4) is 0 Å². The molecule has 2 N–H and O–H groups in total. The van der Waals surface area contributed by atoms with Crippen molar-refractivity contribution in [3.8, 4) is 5.75 Å². The fourth-order valence-corrected chi connectivity index (χ4v) is 3.27. The first-order valence-corrected chi connectivity index (χ1v) is 9.76. The summed E-state index contributed by atoms with van der Waals surface area (Å²) >= 11 is 0. The van der Waals surface area contributed by atoms with Crippen molar-refractivity contribution in [1.29, 1.82) is 0 Å². The van der Waals surface area contributed by atoms with Crippen LogP contribution in [0, 0.1) is 5.92 Å². The summed E-state index contributed by atoms with van der Waals surface area (Å²) in [6.45, 7) is 4.99. The maximum Gasteiger partial charge on any atom is 0.303 e. The van der Waals surface area contributed by atoms with Crippen LogP contribution >= 0.6 is 0 Å². The number of benzene rings is 1. The highest BCUT2D eigenvalue weighted by atomic mass is 16.5. The van der Waals surface area contributed by atoms with Gasteiger partial charge in [-0.15, -0.1) is 0 Å². The molecule has 2 rings (SSSR count). The largest absolute Gasteiger partial charge is 0.493 e. The van der Waals surface area contributed by atoms with Crippen LogP contribution in [0.2, 0.25) is 0 Å². The SMILES string of the molecule is CC(C)(CCC(=O)O)NC(=O)C1CCCN(C(=O)CCOc2ccccc2)C1. The zero-order valence-electron chi connectivity index (χ0n) is 16.6. The van der Waals surface area contributed by atoms with E-state index in [1.807, 2.05) is 44.2 Å². The lowest BCUT2D eigenvalue weighted by atomic mass is 9.93. The number of hydrogen-bond donors (Lipinski definition) is 2. The summed E-state index contributed by atoms with van der Waals surface area (Å²) in [6.07, 6.45) is 2.14. The average Bonchev–Trinajstić information content (AvgIpc) is 2.67. The van der Waals surface area contributed by atoms with Gasteiger partial charge in [0.15, 0.2) is 0 Å². The predicted molar refractivity (Wildman–Crippen MR) is 105 cm³/mol. The van der Waals surface area contributed by atoms with Gasteiger partial charge in [0.1, 0.15) is 5.75 Å². The molecule has 1 heterocycles.